The third kappa shape index (κ3) is 3.98. The summed E-state index contributed by atoms with van der Waals surface area (Å²) in [4.78, 5) is 11.5. The van der Waals surface area contributed by atoms with Crippen LogP contribution in [0.4, 0.5) is 10.1 Å². The molecule has 24 heavy (non-hydrogen) atoms. The number of hydrogen-bond acceptors (Lipinski definition) is 4. The monoisotopic (exact) mass is 391 g/mol. The molecule has 0 saturated heterocycles. The average molecular weight is 392 g/mol. The molecule has 2 aromatic rings. The minimum absolute atomic E-state index is 0.0294. The van der Waals surface area contributed by atoms with Crippen LogP contribution in [-0.4, -0.2) is 28.0 Å². The van der Waals surface area contributed by atoms with Crippen LogP contribution in [0.2, 0.25) is 10.0 Å². The highest BCUT2D eigenvalue weighted by molar-refractivity contribution is 7.92. The molecule has 2 rings (SSSR count). The van der Waals surface area contributed by atoms with E-state index in [1.807, 2.05) is 0 Å². The fourth-order valence-corrected chi connectivity index (χ4v) is 3.57. The van der Waals surface area contributed by atoms with E-state index >= 15 is 0 Å². The lowest BCUT2D eigenvalue weighted by molar-refractivity contribution is -0.138. The molecule has 0 amide bonds. The quantitative estimate of drug-likeness (QED) is 0.731. The molecule has 0 aliphatic carbocycles. The number of anilines is 1. The van der Waals surface area contributed by atoms with Gasteiger partial charge in [-0.3, -0.25) is 9.10 Å². The van der Waals surface area contributed by atoms with Crippen molar-refractivity contribution in [3.63, 3.8) is 0 Å². The number of carbonyl (C=O) groups is 1. The largest absolute Gasteiger partial charge is 0.468 e. The fourth-order valence-electron chi connectivity index (χ4n) is 1.87. The highest BCUT2D eigenvalue weighted by atomic mass is 35.5. The second kappa shape index (κ2) is 7.38. The summed E-state index contributed by atoms with van der Waals surface area (Å²) in [7, 11) is -2.98. The molecule has 0 saturated carbocycles. The van der Waals surface area contributed by atoms with Gasteiger partial charge in [0.25, 0.3) is 10.0 Å². The molecule has 0 N–H and O–H groups in total. The first-order chi connectivity index (χ1) is 11.3. The van der Waals surface area contributed by atoms with Crippen molar-refractivity contribution in [3.05, 3.63) is 58.3 Å². The predicted octanol–water partition coefficient (Wildman–Crippen LogP) is 3.50. The second-order valence-electron chi connectivity index (χ2n) is 4.64. The molecular weight excluding hydrogens is 380 g/mol. The van der Waals surface area contributed by atoms with Gasteiger partial charge in [-0.25, -0.2) is 12.8 Å². The van der Waals surface area contributed by atoms with Gasteiger partial charge in [0.05, 0.1) is 22.7 Å². The van der Waals surface area contributed by atoms with Crippen LogP contribution in [0.3, 0.4) is 0 Å². The van der Waals surface area contributed by atoms with Crippen molar-refractivity contribution in [1.29, 1.82) is 0 Å². The topological polar surface area (TPSA) is 63.7 Å². The Bertz CT molecular complexity index is 856. The summed E-state index contributed by atoms with van der Waals surface area (Å²) < 4.78 is 44.3. The SMILES string of the molecule is COC(=O)CN(c1ccc(F)c(Cl)c1)S(=O)(=O)c1ccc(Cl)cc1. The maximum atomic E-state index is 13.3. The molecule has 5 nitrogen and oxygen atoms in total. The van der Waals surface area contributed by atoms with E-state index < -0.39 is 28.4 Å². The Kier molecular flexibility index (Phi) is 5.69. The van der Waals surface area contributed by atoms with E-state index in [0.717, 1.165) is 23.5 Å². The van der Waals surface area contributed by atoms with Gasteiger partial charge in [0.15, 0.2) is 0 Å². The Morgan fingerprint density at radius 2 is 1.79 bits per heavy atom. The van der Waals surface area contributed by atoms with Gasteiger partial charge < -0.3 is 4.74 Å². The van der Waals surface area contributed by atoms with Gasteiger partial charge in [0.1, 0.15) is 12.4 Å². The number of hydrogen-bond donors (Lipinski definition) is 0. The van der Waals surface area contributed by atoms with Crippen LogP contribution in [0.25, 0.3) is 0 Å². The standard InChI is InChI=1S/C15H12Cl2FNO4S/c1-23-15(20)9-19(11-4-7-14(18)13(17)8-11)24(21,22)12-5-2-10(16)3-6-12/h2-8H,9H2,1H3. The zero-order valence-corrected chi connectivity index (χ0v) is 14.7. The number of ether oxygens (including phenoxy) is 1. The van der Waals surface area contributed by atoms with Crippen LogP contribution in [0.15, 0.2) is 47.4 Å². The van der Waals surface area contributed by atoms with E-state index in [0.29, 0.717) is 5.02 Å². The number of benzene rings is 2. The lowest BCUT2D eigenvalue weighted by atomic mass is 10.3. The normalized spacial score (nSPS) is 11.2. The summed E-state index contributed by atoms with van der Waals surface area (Å²) in [6, 6.07) is 8.75. The van der Waals surface area contributed by atoms with Crippen LogP contribution in [0, 0.1) is 5.82 Å². The number of rotatable bonds is 5. The Morgan fingerprint density at radius 1 is 1.17 bits per heavy atom. The van der Waals surface area contributed by atoms with E-state index in [1.54, 1.807) is 0 Å². The van der Waals surface area contributed by atoms with Gasteiger partial charge in [-0.15, -0.1) is 0 Å². The molecule has 128 valence electrons. The minimum Gasteiger partial charge on any atom is -0.468 e. The molecule has 0 bridgehead atoms. The Morgan fingerprint density at radius 3 is 2.33 bits per heavy atom. The number of esters is 1. The maximum Gasteiger partial charge on any atom is 0.326 e. The molecule has 0 spiro atoms. The van der Waals surface area contributed by atoms with E-state index in [2.05, 4.69) is 4.74 Å². The van der Waals surface area contributed by atoms with Crippen molar-refractivity contribution in [2.45, 2.75) is 4.90 Å². The number of nitrogens with zero attached hydrogens (tertiary/aromatic N) is 1. The Balaban J connectivity index is 2.54. The minimum atomic E-state index is -4.11. The zero-order chi connectivity index (χ0) is 17.9. The molecule has 0 aromatic heterocycles. The van der Waals surface area contributed by atoms with Crippen molar-refractivity contribution >= 4 is 44.9 Å². The van der Waals surface area contributed by atoms with Crippen LogP contribution in [0.5, 0.6) is 0 Å². The van der Waals surface area contributed by atoms with Crippen molar-refractivity contribution in [3.8, 4) is 0 Å². The van der Waals surface area contributed by atoms with Crippen molar-refractivity contribution in [2.24, 2.45) is 0 Å². The summed E-state index contributed by atoms with van der Waals surface area (Å²) in [5.41, 5.74) is 0.0294. The predicted molar refractivity (Wildman–Crippen MR) is 89.4 cm³/mol. The number of carbonyl (C=O) groups excluding carboxylic acids is 1. The number of methoxy groups -OCH3 is 1. The third-order valence-corrected chi connectivity index (χ3v) is 5.42. The molecule has 0 aliphatic heterocycles. The summed E-state index contributed by atoms with van der Waals surface area (Å²) in [6.45, 7) is -0.594. The van der Waals surface area contributed by atoms with Gasteiger partial charge in [-0.2, -0.15) is 0 Å². The average Bonchev–Trinajstić information content (AvgIpc) is 2.55. The van der Waals surface area contributed by atoms with Gasteiger partial charge >= 0.3 is 5.97 Å². The first-order valence-electron chi connectivity index (χ1n) is 6.56. The summed E-state index contributed by atoms with van der Waals surface area (Å²) in [5, 5.41) is 0.0898. The molecular formula is C15H12Cl2FNO4S. The van der Waals surface area contributed by atoms with Crippen molar-refractivity contribution < 1.29 is 22.3 Å². The number of sulfonamides is 1. The molecule has 0 radical (unpaired) electrons. The Labute approximate surface area is 148 Å². The highest BCUT2D eigenvalue weighted by Gasteiger charge is 2.28. The van der Waals surface area contributed by atoms with Gasteiger partial charge in [0.2, 0.25) is 0 Å². The molecule has 0 fully saturated rings. The van der Waals surface area contributed by atoms with Crippen molar-refractivity contribution in [2.75, 3.05) is 18.0 Å². The summed E-state index contributed by atoms with van der Waals surface area (Å²) >= 11 is 11.5. The smallest absolute Gasteiger partial charge is 0.326 e. The van der Waals surface area contributed by atoms with Crippen LogP contribution in [0.1, 0.15) is 0 Å². The first-order valence-corrected chi connectivity index (χ1v) is 8.75. The van der Waals surface area contributed by atoms with Gasteiger partial charge in [-0.1, -0.05) is 23.2 Å². The second-order valence-corrected chi connectivity index (χ2v) is 7.35. The van der Waals surface area contributed by atoms with Crippen LogP contribution < -0.4 is 4.31 Å². The molecule has 9 heteroatoms. The van der Waals surface area contributed by atoms with E-state index in [9.17, 15) is 17.6 Å². The van der Waals surface area contributed by atoms with E-state index in [1.165, 1.54) is 30.3 Å². The molecule has 0 atom stereocenters. The van der Waals surface area contributed by atoms with Crippen LogP contribution >= 0.6 is 23.2 Å². The first kappa shape index (κ1) is 18.5. The van der Waals surface area contributed by atoms with E-state index in [-0.39, 0.29) is 15.6 Å². The highest BCUT2D eigenvalue weighted by Crippen LogP contribution is 2.28. The summed E-state index contributed by atoms with van der Waals surface area (Å²) in [6.07, 6.45) is 0. The van der Waals surface area contributed by atoms with Crippen molar-refractivity contribution in [1.82, 2.24) is 0 Å². The Hall–Kier alpha value is -1.83. The lowest BCUT2D eigenvalue weighted by Crippen LogP contribution is -2.36. The maximum absolute atomic E-state index is 13.3. The molecule has 0 aliphatic rings. The zero-order valence-electron chi connectivity index (χ0n) is 12.4. The van der Waals surface area contributed by atoms with Gasteiger partial charge in [0, 0.05) is 5.02 Å². The fraction of sp³-hybridized carbons (Fsp3) is 0.133. The molecule has 2 aromatic carbocycles. The molecule has 0 heterocycles. The third-order valence-electron chi connectivity index (χ3n) is 3.09. The lowest BCUT2D eigenvalue weighted by Gasteiger charge is -2.23. The van der Waals surface area contributed by atoms with Crippen LogP contribution in [-0.2, 0) is 19.6 Å². The number of halogens is 3. The van der Waals surface area contributed by atoms with E-state index in [4.69, 9.17) is 23.2 Å². The summed E-state index contributed by atoms with van der Waals surface area (Å²) in [5.74, 6) is -1.49. The van der Waals surface area contributed by atoms with Gasteiger partial charge in [-0.05, 0) is 42.5 Å². The molecule has 0 unspecified atom stereocenters.